The second kappa shape index (κ2) is 7.70. The van der Waals surface area contributed by atoms with E-state index in [4.69, 9.17) is 29.0 Å². The largest absolute Gasteiger partial charge is 0.345 e. The third-order valence-corrected chi connectivity index (χ3v) is 5.74. The summed E-state index contributed by atoms with van der Waals surface area (Å²) in [6.07, 6.45) is 0. The van der Waals surface area contributed by atoms with E-state index in [1.165, 1.54) is 12.1 Å². The van der Waals surface area contributed by atoms with E-state index >= 15 is 0 Å². The van der Waals surface area contributed by atoms with Crippen LogP contribution in [-0.4, -0.2) is 25.5 Å². The topological polar surface area (TPSA) is 75.4 Å². The van der Waals surface area contributed by atoms with E-state index < -0.39 is 10.0 Å². The van der Waals surface area contributed by atoms with Gasteiger partial charge < -0.3 is 10.2 Å². The van der Waals surface area contributed by atoms with Crippen molar-refractivity contribution in [3.05, 3.63) is 58.6 Å². The van der Waals surface area contributed by atoms with Crippen molar-refractivity contribution in [2.24, 2.45) is 5.14 Å². The summed E-state index contributed by atoms with van der Waals surface area (Å²) in [5, 5.41) is 9.47. The van der Waals surface area contributed by atoms with Gasteiger partial charge in [0.05, 0.1) is 10.9 Å². The fraction of sp³-hybridized carbons (Fsp3) is 0.235. The smallest absolute Gasteiger partial charge is 0.238 e. The molecule has 3 N–H and O–H groups in total. The molecule has 0 aliphatic heterocycles. The van der Waals surface area contributed by atoms with Crippen LogP contribution in [0.4, 0.5) is 5.69 Å². The molecule has 1 atom stereocenters. The van der Waals surface area contributed by atoms with Crippen molar-refractivity contribution in [3.8, 4) is 0 Å². The molecule has 0 heterocycles. The Morgan fingerprint density at radius 1 is 1.24 bits per heavy atom. The van der Waals surface area contributed by atoms with E-state index in [2.05, 4.69) is 5.32 Å². The molecule has 0 aliphatic rings. The summed E-state index contributed by atoms with van der Waals surface area (Å²) in [5.41, 5.74) is 2.72. The van der Waals surface area contributed by atoms with Crippen LogP contribution in [0.5, 0.6) is 0 Å². The van der Waals surface area contributed by atoms with E-state index in [0.29, 0.717) is 10.1 Å². The summed E-state index contributed by atoms with van der Waals surface area (Å²) in [6.45, 7) is 3.91. The Morgan fingerprint density at radius 2 is 1.84 bits per heavy atom. The SMILES string of the molecule is Cc1ccc(NC(=S)N(C)[C@@H](C)c2ccc(S(N)(=O)=O)cc2)cc1Cl. The number of hydrogen-bond donors (Lipinski definition) is 2. The Morgan fingerprint density at radius 3 is 2.36 bits per heavy atom. The molecule has 0 aromatic heterocycles. The van der Waals surface area contributed by atoms with Gasteiger partial charge in [-0.25, -0.2) is 13.6 Å². The van der Waals surface area contributed by atoms with Gasteiger partial charge in [-0.1, -0.05) is 29.8 Å². The van der Waals surface area contributed by atoms with Gasteiger partial charge in [-0.05, 0) is 61.5 Å². The summed E-state index contributed by atoms with van der Waals surface area (Å²) in [7, 11) is -1.83. The Balaban J connectivity index is 2.11. The lowest BCUT2D eigenvalue weighted by Gasteiger charge is -2.28. The van der Waals surface area contributed by atoms with Crippen molar-refractivity contribution in [1.29, 1.82) is 0 Å². The lowest BCUT2D eigenvalue weighted by atomic mass is 10.1. The molecule has 134 valence electrons. The van der Waals surface area contributed by atoms with Crippen LogP contribution in [0.2, 0.25) is 5.02 Å². The lowest BCUT2D eigenvalue weighted by Crippen LogP contribution is -2.33. The van der Waals surface area contributed by atoms with Crippen molar-refractivity contribution in [3.63, 3.8) is 0 Å². The highest BCUT2D eigenvalue weighted by Gasteiger charge is 2.16. The first kappa shape index (κ1) is 19.7. The first-order valence-corrected chi connectivity index (χ1v) is 9.85. The van der Waals surface area contributed by atoms with Gasteiger partial charge in [-0.15, -0.1) is 0 Å². The predicted molar refractivity (Wildman–Crippen MR) is 106 cm³/mol. The molecule has 0 saturated carbocycles. The van der Waals surface area contributed by atoms with Crippen molar-refractivity contribution in [2.45, 2.75) is 24.8 Å². The summed E-state index contributed by atoms with van der Waals surface area (Å²) >= 11 is 11.6. The third kappa shape index (κ3) is 4.92. The van der Waals surface area contributed by atoms with Gasteiger partial charge in [0.25, 0.3) is 0 Å². The standard InChI is InChI=1S/C17H20ClN3O2S2/c1-11-4-7-14(10-16(11)18)20-17(24)21(3)12(2)13-5-8-15(9-6-13)25(19,22)23/h4-10,12H,1-3H3,(H,20,24)(H2,19,22,23)/t12-/m0/s1. The van der Waals surface area contributed by atoms with Crippen LogP contribution in [0.25, 0.3) is 0 Å². The number of anilines is 1. The highest BCUT2D eigenvalue weighted by Crippen LogP contribution is 2.23. The minimum Gasteiger partial charge on any atom is -0.345 e. The Kier molecular flexibility index (Phi) is 6.05. The van der Waals surface area contributed by atoms with Gasteiger partial charge in [0.15, 0.2) is 5.11 Å². The third-order valence-electron chi connectivity index (χ3n) is 4.02. The molecule has 0 bridgehead atoms. The molecule has 8 heteroatoms. The molecule has 0 saturated heterocycles. The Hall–Kier alpha value is -1.67. The van der Waals surface area contributed by atoms with E-state index in [1.807, 2.05) is 44.0 Å². The number of benzene rings is 2. The zero-order valence-electron chi connectivity index (χ0n) is 14.2. The number of thiocarbonyl (C=S) groups is 1. The van der Waals surface area contributed by atoms with Crippen molar-refractivity contribution < 1.29 is 8.42 Å². The van der Waals surface area contributed by atoms with Gasteiger partial charge in [0.1, 0.15) is 0 Å². The van der Waals surface area contributed by atoms with Crippen molar-refractivity contribution in [2.75, 3.05) is 12.4 Å². The number of halogens is 1. The van der Waals surface area contributed by atoms with Crippen LogP contribution in [0.1, 0.15) is 24.1 Å². The van der Waals surface area contributed by atoms with Crippen LogP contribution in [-0.2, 0) is 10.0 Å². The summed E-state index contributed by atoms with van der Waals surface area (Å²) in [4.78, 5) is 1.97. The van der Waals surface area contributed by atoms with Gasteiger partial charge >= 0.3 is 0 Å². The molecule has 0 aliphatic carbocycles. The minimum atomic E-state index is -3.69. The number of nitrogens with two attached hydrogens (primary N) is 1. The summed E-state index contributed by atoms with van der Waals surface area (Å²) in [5.74, 6) is 0. The van der Waals surface area contributed by atoms with E-state index in [0.717, 1.165) is 16.8 Å². The lowest BCUT2D eigenvalue weighted by molar-refractivity contribution is 0.408. The van der Waals surface area contributed by atoms with Crippen LogP contribution in [0.3, 0.4) is 0 Å². The number of sulfonamides is 1. The first-order valence-electron chi connectivity index (χ1n) is 7.52. The van der Waals surface area contributed by atoms with E-state index in [1.54, 1.807) is 12.1 Å². The molecule has 2 aromatic carbocycles. The average molecular weight is 398 g/mol. The minimum absolute atomic E-state index is 0.0598. The molecule has 2 rings (SSSR count). The van der Waals surface area contributed by atoms with Gasteiger partial charge in [-0.2, -0.15) is 0 Å². The monoisotopic (exact) mass is 397 g/mol. The van der Waals surface area contributed by atoms with Crippen molar-refractivity contribution >= 4 is 44.6 Å². The van der Waals surface area contributed by atoms with Gasteiger partial charge in [0, 0.05) is 17.8 Å². The number of primary sulfonamides is 1. The second-order valence-electron chi connectivity index (χ2n) is 5.80. The normalized spacial score (nSPS) is 12.5. The number of rotatable bonds is 4. The molecule has 2 aromatic rings. The molecule has 25 heavy (non-hydrogen) atoms. The molecule has 0 radical (unpaired) electrons. The highest BCUT2D eigenvalue weighted by molar-refractivity contribution is 7.89. The Bertz CT molecular complexity index is 883. The van der Waals surface area contributed by atoms with E-state index in [9.17, 15) is 8.42 Å². The molecule has 0 fully saturated rings. The summed E-state index contributed by atoms with van der Waals surface area (Å²) < 4.78 is 22.7. The molecule has 5 nitrogen and oxygen atoms in total. The second-order valence-corrected chi connectivity index (χ2v) is 8.15. The Labute approximate surface area is 158 Å². The molecule has 0 spiro atoms. The fourth-order valence-electron chi connectivity index (χ4n) is 2.22. The van der Waals surface area contributed by atoms with Crippen LogP contribution in [0, 0.1) is 6.92 Å². The number of aryl methyl sites for hydroxylation is 1. The van der Waals surface area contributed by atoms with E-state index in [-0.39, 0.29) is 10.9 Å². The number of nitrogens with zero attached hydrogens (tertiary/aromatic N) is 1. The average Bonchev–Trinajstić information content (AvgIpc) is 2.56. The molecular weight excluding hydrogens is 378 g/mol. The predicted octanol–water partition coefficient (Wildman–Crippen LogP) is 3.69. The molecule has 0 unspecified atom stereocenters. The first-order chi connectivity index (χ1) is 11.6. The van der Waals surface area contributed by atoms with Crippen LogP contribution in [0.15, 0.2) is 47.4 Å². The highest BCUT2D eigenvalue weighted by atomic mass is 35.5. The summed E-state index contributed by atoms with van der Waals surface area (Å²) in [6, 6.07) is 12.0. The maximum absolute atomic E-state index is 11.3. The molecule has 0 amide bonds. The maximum Gasteiger partial charge on any atom is 0.238 e. The fourth-order valence-corrected chi connectivity index (χ4v) is 3.19. The zero-order valence-corrected chi connectivity index (χ0v) is 16.5. The molecular formula is C17H20ClN3O2S2. The van der Waals surface area contributed by atoms with Crippen LogP contribution < -0.4 is 10.5 Å². The number of nitrogens with one attached hydrogen (secondary N) is 1. The quantitative estimate of drug-likeness (QED) is 0.769. The van der Waals surface area contributed by atoms with Gasteiger partial charge in [-0.3, -0.25) is 0 Å². The number of hydrogen-bond acceptors (Lipinski definition) is 3. The van der Waals surface area contributed by atoms with Crippen molar-refractivity contribution in [1.82, 2.24) is 4.90 Å². The zero-order chi connectivity index (χ0) is 18.8. The van der Waals surface area contributed by atoms with Crippen LogP contribution >= 0.6 is 23.8 Å². The van der Waals surface area contributed by atoms with Gasteiger partial charge in [0.2, 0.25) is 10.0 Å². The maximum atomic E-state index is 11.3.